The number of carbonyl (C=O) groups excluding carboxylic acids is 1. The van der Waals surface area contributed by atoms with E-state index in [4.69, 9.17) is 9.47 Å². The van der Waals surface area contributed by atoms with E-state index < -0.39 is 0 Å². The highest BCUT2D eigenvalue weighted by Crippen LogP contribution is 2.30. The zero-order valence-corrected chi connectivity index (χ0v) is 8.86. The van der Waals surface area contributed by atoms with Gasteiger partial charge in [0.2, 0.25) is 0 Å². The molecule has 4 atom stereocenters. The number of ether oxygens (including phenoxy) is 2. The van der Waals surface area contributed by atoms with Crippen LogP contribution in [0.4, 0.5) is 0 Å². The molecule has 0 aromatic rings. The van der Waals surface area contributed by atoms with Crippen molar-refractivity contribution in [1.82, 2.24) is 0 Å². The SMILES string of the molecule is CC1OCCC1C(=O)C1CCOC1C. The summed E-state index contributed by atoms with van der Waals surface area (Å²) < 4.78 is 10.8. The second-order valence-electron chi connectivity index (χ2n) is 4.34. The molecule has 0 spiro atoms. The van der Waals surface area contributed by atoms with Crippen LogP contribution in [-0.2, 0) is 14.3 Å². The van der Waals surface area contributed by atoms with E-state index in [-0.39, 0.29) is 24.0 Å². The average Bonchev–Trinajstić information content (AvgIpc) is 2.73. The van der Waals surface area contributed by atoms with E-state index in [1.165, 1.54) is 0 Å². The van der Waals surface area contributed by atoms with Crippen LogP contribution in [0.5, 0.6) is 0 Å². The lowest BCUT2D eigenvalue weighted by atomic mass is 9.85. The molecule has 2 fully saturated rings. The monoisotopic (exact) mass is 198 g/mol. The molecule has 0 radical (unpaired) electrons. The van der Waals surface area contributed by atoms with Crippen LogP contribution in [0.15, 0.2) is 0 Å². The molecular weight excluding hydrogens is 180 g/mol. The molecule has 4 unspecified atom stereocenters. The van der Waals surface area contributed by atoms with Crippen molar-refractivity contribution in [2.45, 2.75) is 38.9 Å². The predicted molar refractivity (Wildman–Crippen MR) is 52.0 cm³/mol. The van der Waals surface area contributed by atoms with Crippen LogP contribution < -0.4 is 0 Å². The molecule has 0 N–H and O–H groups in total. The lowest BCUT2D eigenvalue weighted by molar-refractivity contribution is -0.129. The second kappa shape index (κ2) is 3.99. The zero-order chi connectivity index (χ0) is 10.1. The third-order valence-corrected chi connectivity index (χ3v) is 3.48. The molecule has 2 saturated heterocycles. The number of hydrogen-bond donors (Lipinski definition) is 0. The first-order chi connectivity index (χ1) is 6.70. The fourth-order valence-electron chi connectivity index (χ4n) is 2.49. The van der Waals surface area contributed by atoms with Gasteiger partial charge in [-0.05, 0) is 26.7 Å². The summed E-state index contributed by atoms with van der Waals surface area (Å²) in [7, 11) is 0. The van der Waals surface area contributed by atoms with Crippen LogP contribution in [0.3, 0.4) is 0 Å². The summed E-state index contributed by atoms with van der Waals surface area (Å²) in [5, 5.41) is 0. The summed E-state index contributed by atoms with van der Waals surface area (Å²) in [6.45, 7) is 5.46. The maximum absolute atomic E-state index is 12.1. The molecule has 2 aliphatic heterocycles. The van der Waals surface area contributed by atoms with Gasteiger partial charge in [-0.3, -0.25) is 4.79 Å². The van der Waals surface area contributed by atoms with Gasteiger partial charge in [-0.15, -0.1) is 0 Å². The molecule has 0 amide bonds. The van der Waals surface area contributed by atoms with Crippen molar-refractivity contribution in [2.24, 2.45) is 11.8 Å². The fraction of sp³-hybridized carbons (Fsp3) is 0.909. The molecule has 2 rings (SSSR count). The smallest absolute Gasteiger partial charge is 0.144 e. The van der Waals surface area contributed by atoms with Crippen LogP contribution >= 0.6 is 0 Å². The number of carbonyl (C=O) groups is 1. The van der Waals surface area contributed by atoms with Gasteiger partial charge in [0.1, 0.15) is 5.78 Å². The Morgan fingerprint density at radius 3 is 1.71 bits per heavy atom. The molecule has 80 valence electrons. The van der Waals surface area contributed by atoms with Crippen LogP contribution in [0.2, 0.25) is 0 Å². The molecule has 2 heterocycles. The topological polar surface area (TPSA) is 35.5 Å². The summed E-state index contributed by atoms with van der Waals surface area (Å²) >= 11 is 0. The Morgan fingerprint density at radius 2 is 1.43 bits per heavy atom. The first-order valence-electron chi connectivity index (χ1n) is 5.47. The van der Waals surface area contributed by atoms with Crippen molar-refractivity contribution >= 4 is 5.78 Å². The van der Waals surface area contributed by atoms with Gasteiger partial charge in [0, 0.05) is 25.0 Å². The number of rotatable bonds is 2. The van der Waals surface area contributed by atoms with Crippen LogP contribution in [0.1, 0.15) is 26.7 Å². The van der Waals surface area contributed by atoms with Crippen molar-refractivity contribution in [3.63, 3.8) is 0 Å². The highest BCUT2D eigenvalue weighted by Gasteiger charge is 2.39. The van der Waals surface area contributed by atoms with Gasteiger partial charge < -0.3 is 9.47 Å². The van der Waals surface area contributed by atoms with Gasteiger partial charge in [-0.2, -0.15) is 0 Å². The van der Waals surface area contributed by atoms with Gasteiger partial charge >= 0.3 is 0 Å². The maximum atomic E-state index is 12.1. The largest absolute Gasteiger partial charge is 0.378 e. The molecule has 3 heteroatoms. The third-order valence-electron chi connectivity index (χ3n) is 3.48. The van der Waals surface area contributed by atoms with E-state index in [2.05, 4.69) is 0 Å². The summed E-state index contributed by atoms with van der Waals surface area (Å²) in [5.41, 5.74) is 0. The third kappa shape index (κ3) is 1.71. The molecule has 0 aliphatic carbocycles. The van der Waals surface area contributed by atoms with Crippen molar-refractivity contribution in [1.29, 1.82) is 0 Å². The number of hydrogen-bond acceptors (Lipinski definition) is 3. The average molecular weight is 198 g/mol. The Kier molecular flexibility index (Phi) is 2.88. The van der Waals surface area contributed by atoms with Crippen molar-refractivity contribution < 1.29 is 14.3 Å². The molecule has 14 heavy (non-hydrogen) atoms. The molecule has 2 aliphatic rings. The maximum Gasteiger partial charge on any atom is 0.144 e. The van der Waals surface area contributed by atoms with Gasteiger partial charge in [0.05, 0.1) is 12.2 Å². The summed E-state index contributed by atoms with van der Waals surface area (Å²) in [4.78, 5) is 12.1. The van der Waals surface area contributed by atoms with Crippen molar-refractivity contribution in [3.05, 3.63) is 0 Å². The Labute approximate surface area is 84.8 Å². The normalized spacial score (nSPS) is 43.0. The van der Waals surface area contributed by atoms with E-state index in [9.17, 15) is 4.79 Å². The Bertz CT molecular complexity index is 205. The van der Waals surface area contributed by atoms with Gasteiger partial charge in [-0.1, -0.05) is 0 Å². The van der Waals surface area contributed by atoms with Crippen molar-refractivity contribution in [2.75, 3.05) is 13.2 Å². The van der Waals surface area contributed by atoms with E-state index in [1.807, 2.05) is 13.8 Å². The molecule has 0 aromatic heterocycles. The standard InChI is InChI=1S/C11H18O3/c1-7-9(3-5-13-7)11(12)10-4-6-14-8(10)2/h7-10H,3-6H2,1-2H3. The predicted octanol–water partition coefficient (Wildman–Crippen LogP) is 1.41. The summed E-state index contributed by atoms with van der Waals surface area (Å²) in [5.74, 6) is 0.591. The number of Topliss-reactive ketones (excluding diaryl/α,β-unsaturated/α-hetero) is 1. The Hall–Kier alpha value is -0.410. The first kappa shape index (κ1) is 10.1. The fourth-order valence-corrected chi connectivity index (χ4v) is 2.49. The van der Waals surface area contributed by atoms with E-state index in [0.717, 1.165) is 26.1 Å². The molecule has 0 saturated carbocycles. The molecule has 3 nitrogen and oxygen atoms in total. The van der Waals surface area contributed by atoms with E-state index in [1.54, 1.807) is 0 Å². The summed E-state index contributed by atoms with van der Waals surface area (Å²) in [6.07, 6.45) is 2.00. The lowest BCUT2D eigenvalue weighted by Gasteiger charge is -2.19. The minimum absolute atomic E-state index is 0.107. The highest BCUT2D eigenvalue weighted by atomic mass is 16.5. The number of ketones is 1. The van der Waals surface area contributed by atoms with E-state index in [0.29, 0.717) is 5.78 Å². The molecule has 0 bridgehead atoms. The minimum Gasteiger partial charge on any atom is -0.378 e. The van der Waals surface area contributed by atoms with E-state index >= 15 is 0 Å². The van der Waals surface area contributed by atoms with Gasteiger partial charge in [0.15, 0.2) is 0 Å². The van der Waals surface area contributed by atoms with Gasteiger partial charge in [-0.25, -0.2) is 0 Å². The Balaban J connectivity index is 2.00. The summed E-state index contributed by atoms with van der Waals surface area (Å²) in [6, 6.07) is 0. The molecule has 0 aromatic carbocycles. The second-order valence-corrected chi connectivity index (χ2v) is 4.34. The first-order valence-corrected chi connectivity index (χ1v) is 5.47. The zero-order valence-electron chi connectivity index (χ0n) is 8.86. The van der Waals surface area contributed by atoms with Crippen LogP contribution in [-0.4, -0.2) is 31.2 Å². The lowest BCUT2D eigenvalue weighted by Crippen LogP contribution is -2.31. The highest BCUT2D eigenvalue weighted by molar-refractivity contribution is 5.84. The molecular formula is C11H18O3. The Morgan fingerprint density at radius 1 is 1.00 bits per heavy atom. The quantitative estimate of drug-likeness (QED) is 0.673. The van der Waals surface area contributed by atoms with Crippen molar-refractivity contribution in [3.8, 4) is 0 Å². The van der Waals surface area contributed by atoms with Gasteiger partial charge in [0.25, 0.3) is 0 Å². The minimum atomic E-state index is 0.107. The van der Waals surface area contributed by atoms with Crippen LogP contribution in [0.25, 0.3) is 0 Å². The van der Waals surface area contributed by atoms with Crippen LogP contribution in [0, 0.1) is 11.8 Å².